The first-order valence-electron chi connectivity index (χ1n) is 6.98. The van der Waals surface area contributed by atoms with E-state index in [-0.39, 0.29) is 22.2 Å². The van der Waals surface area contributed by atoms with Crippen molar-refractivity contribution < 1.29 is 27.8 Å². The fourth-order valence-electron chi connectivity index (χ4n) is 2.02. The van der Waals surface area contributed by atoms with Crippen LogP contribution in [0.2, 0.25) is 5.02 Å². The fourth-order valence-corrected chi connectivity index (χ4v) is 2.38. The molecule has 2 rings (SSSR count). The van der Waals surface area contributed by atoms with Gasteiger partial charge in [0.2, 0.25) is 5.96 Å². The van der Waals surface area contributed by atoms with E-state index in [1.54, 1.807) is 7.05 Å². The third-order valence-corrected chi connectivity index (χ3v) is 3.63. The Kier molecular flexibility index (Phi) is 6.00. The van der Waals surface area contributed by atoms with Gasteiger partial charge in [-0.2, -0.15) is 8.78 Å². The van der Waals surface area contributed by atoms with Crippen molar-refractivity contribution in [2.24, 2.45) is 5.10 Å². The van der Waals surface area contributed by atoms with Crippen LogP contribution >= 0.6 is 11.6 Å². The Balaban J connectivity index is 2.41. The predicted octanol–water partition coefficient (Wildman–Crippen LogP) is 1.10. The highest BCUT2D eigenvalue weighted by molar-refractivity contribution is 6.37. The summed E-state index contributed by atoms with van der Waals surface area (Å²) in [6.45, 7) is -3.16. The number of halogens is 3. The van der Waals surface area contributed by atoms with Crippen molar-refractivity contribution in [3.63, 3.8) is 0 Å². The van der Waals surface area contributed by atoms with Gasteiger partial charge in [-0.05, 0) is 12.1 Å². The number of rotatable bonds is 4. The zero-order valence-corrected chi connectivity index (χ0v) is 14.6. The second kappa shape index (κ2) is 8.01. The Morgan fingerprint density at radius 3 is 2.65 bits per heavy atom. The molecule has 0 unspecified atom stereocenters. The summed E-state index contributed by atoms with van der Waals surface area (Å²) >= 11 is 6.19. The molecule has 1 aromatic carbocycles. The Morgan fingerprint density at radius 1 is 1.42 bits per heavy atom. The number of methoxy groups -OCH3 is 1. The molecule has 142 valence electrons. The third-order valence-electron chi connectivity index (χ3n) is 3.25. The number of carbonyl (C=O) groups excluding carboxylic acids is 2. The number of carbonyl (C=O) groups is 2. The lowest BCUT2D eigenvalue weighted by atomic mass is 10.1. The summed E-state index contributed by atoms with van der Waals surface area (Å²) in [5, 5.41) is 7.32. The van der Waals surface area contributed by atoms with E-state index >= 15 is 0 Å². The van der Waals surface area contributed by atoms with E-state index in [0.717, 1.165) is 18.1 Å². The number of nitrogens with zero attached hydrogens (tertiary/aromatic N) is 3. The number of hydrazone groups is 1. The Hall–Kier alpha value is -2.86. The van der Waals surface area contributed by atoms with E-state index in [1.165, 1.54) is 18.1 Å². The highest BCUT2D eigenvalue weighted by Gasteiger charge is 2.26. The molecule has 0 saturated carbocycles. The lowest BCUT2D eigenvalue weighted by molar-refractivity contribution is -0.0495. The molecule has 0 saturated heterocycles. The first kappa shape index (κ1) is 19.5. The lowest BCUT2D eigenvalue weighted by Gasteiger charge is -2.22. The number of hydrogen-bond donors (Lipinski definition) is 3. The Labute approximate surface area is 151 Å². The molecular formula is C13H15ClF2N6O4. The Bertz CT molecular complexity index is 748. The summed E-state index contributed by atoms with van der Waals surface area (Å²) in [5.41, 5.74) is 4.66. The van der Waals surface area contributed by atoms with Crippen LogP contribution in [0.4, 0.5) is 19.3 Å². The summed E-state index contributed by atoms with van der Waals surface area (Å²) < 4.78 is 34.2. The molecule has 0 fully saturated rings. The minimum absolute atomic E-state index is 0.0953. The predicted molar refractivity (Wildman–Crippen MR) is 87.8 cm³/mol. The molecule has 1 aliphatic rings. The lowest BCUT2D eigenvalue weighted by Crippen LogP contribution is -2.45. The van der Waals surface area contributed by atoms with Crippen molar-refractivity contribution in [3.05, 3.63) is 22.7 Å². The van der Waals surface area contributed by atoms with Gasteiger partial charge in [-0.1, -0.05) is 11.6 Å². The number of hydrazine groups is 2. The van der Waals surface area contributed by atoms with Crippen LogP contribution in [0.5, 0.6) is 5.75 Å². The van der Waals surface area contributed by atoms with Crippen LogP contribution in [0.15, 0.2) is 17.2 Å². The first-order chi connectivity index (χ1) is 12.3. The fraction of sp³-hybridized carbons (Fsp3) is 0.308. The molecule has 13 heteroatoms. The van der Waals surface area contributed by atoms with Gasteiger partial charge in [-0.15, -0.1) is 10.6 Å². The van der Waals surface area contributed by atoms with Crippen molar-refractivity contribution in [2.75, 3.05) is 26.1 Å². The summed E-state index contributed by atoms with van der Waals surface area (Å²) in [5.74, 6) is -0.941. The van der Waals surface area contributed by atoms with Gasteiger partial charge in [-0.3, -0.25) is 20.0 Å². The van der Waals surface area contributed by atoms with Gasteiger partial charge in [0, 0.05) is 14.1 Å². The molecule has 0 aliphatic carbocycles. The van der Waals surface area contributed by atoms with Crippen LogP contribution < -0.4 is 26.0 Å². The average molecular weight is 393 g/mol. The maximum absolute atomic E-state index is 12.6. The minimum atomic E-state index is -3.16. The van der Waals surface area contributed by atoms with Crippen molar-refractivity contribution in [3.8, 4) is 5.75 Å². The normalized spacial score (nSPS) is 13.2. The molecule has 1 aliphatic heterocycles. The largest absolute Gasteiger partial charge is 0.452 e. The summed E-state index contributed by atoms with van der Waals surface area (Å²) in [6.07, 6.45) is -0.892. The standard InChI is InChI=1S/C13H15ClF2N6O4/c1-21(13(24)25-3)9-7(26-11(15)16)5-4-6(8(9)14)10(23)17-12-18-19-20-22(12)2/h4-5,11,19-20H,1-3H3,(H,17,18,23). The molecule has 3 N–H and O–H groups in total. The zero-order valence-electron chi connectivity index (χ0n) is 13.8. The molecule has 1 heterocycles. The summed E-state index contributed by atoms with van der Waals surface area (Å²) in [6, 6.07) is 2.28. The molecule has 0 aromatic heterocycles. The van der Waals surface area contributed by atoms with Crippen LogP contribution in [0.25, 0.3) is 0 Å². The monoisotopic (exact) mass is 392 g/mol. The number of amides is 2. The second-order valence-electron chi connectivity index (χ2n) is 4.85. The topological polar surface area (TPSA) is 108 Å². The van der Waals surface area contributed by atoms with E-state index in [9.17, 15) is 18.4 Å². The average Bonchev–Trinajstić information content (AvgIpc) is 2.98. The molecule has 10 nitrogen and oxygen atoms in total. The van der Waals surface area contributed by atoms with Gasteiger partial charge in [-0.25, -0.2) is 10.3 Å². The molecule has 26 heavy (non-hydrogen) atoms. The zero-order chi connectivity index (χ0) is 19.4. The maximum Gasteiger partial charge on any atom is 0.413 e. The molecule has 0 spiro atoms. The van der Waals surface area contributed by atoms with E-state index in [4.69, 9.17) is 11.6 Å². The summed E-state index contributed by atoms with van der Waals surface area (Å²) in [7, 11) is 3.91. The maximum atomic E-state index is 12.6. The molecule has 2 amide bonds. The van der Waals surface area contributed by atoms with Gasteiger partial charge in [0.25, 0.3) is 5.91 Å². The molecule has 0 radical (unpaired) electrons. The number of anilines is 1. The SMILES string of the molecule is COC(=O)N(C)c1c(OC(F)F)ccc(C(=O)NC2=NNNN2C)c1Cl. The Morgan fingerprint density at radius 2 is 2.12 bits per heavy atom. The number of hydrogen-bond acceptors (Lipinski definition) is 8. The van der Waals surface area contributed by atoms with Crippen LogP contribution in [0, 0.1) is 0 Å². The number of nitrogens with one attached hydrogen (secondary N) is 3. The molecule has 0 bridgehead atoms. The number of benzene rings is 1. The van der Waals surface area contributed by atoms with Crippen LogP contribution in [-0.2, 0) is 4.74 Å². The number of alkyl halides is 2. The second-order valence-corrected chi connectivity index (χ2v) is 5.23. The third kappa shape index (κ3) is 4.03. The highest BCUT2D eigenvalue weighted by atomic mass is 35.5. The van der Waals surface area contributed by atoms with Gasteiger partial charge in [0.05, 0.1) is 17.7 Å². The van der Waals surface area contributed by atoms with Crippen molar-refractivity contribution in [2.45, 2.75) is 6.61 Å². The van der Waals surface area contributed by atoms with E-state index in [0.29, 0.717) is 0 Å². The van der Waals surface area contributed by atoms with Gasteiger partial charge >= 0.3 is 12.7 Å². The van der Waals surface area contributed by atoms with Gasteiger partial charge in [0.1, 0.15) is 5.69 Å². The molecule has 0 atom stereocenters. The highest BCUT2D eigenvalue weighted by Crippen LogP contribution is 2.39. The van der Waals surface area contributed by atoms with Gasteiger partial charge in [0.15, 0.2) is 5.75 Å². The van der Waals surface area contributed by atoms with Gasteiger partial charge < -0.3 is 9.47 Å². The van der Waals surface area contributed by atoms with Crippen molar-refractivity contribution >= 4 is 35.2 Å². The summed E-state index contributed by atoms with van der Waals surface area (Å²) in [4.78, 5) is 25.0. The molecular weight excluding hydrogens is 378 g/mol. The minimum Gasteiger partial charge on any atom is -0.452 e. The first-order valence-corrected chi connectivity index (χ1v) is 7.36. The van der Waals surface area contributed by atoms with Crippen molar-refractivity contribution in [1.82, 2.24) is 21.4 Å². The van der Waals surface area contributed by atoms with Crippen LogP contribution in [0.3, 0.4) is 0 Å². The van der Waals surface area contributed by atoms with Crippen LogP contribution in [0.1, 0.15) is 10.4 Å². The number of ether oxygens (including phenoxy) is 2. The number of guanidine groups is 1. The smallest absolute Gasteiger partial charge is 0.413 e. The quantitative estimate of drug-likeness (QED) is 0.704. The molecule has 1 aromatic rings. The van der Waals surface area contributed by atoms with E-state index in [1.807, 2.05) is 0 Å². The van der Waals surface area contributed by atoms with Crippen molar-refractivity contribution in [1.29, 1.82) is 0 Å². The van der Waals surface area contributed by atoms with Crippen LogP contribution in [-0.4, -0.2) is 50.8 Å². The van der Waals surface area contributed by atoms with E-state index in [2.05, 4.69) is 31.0 Å². The van der Waals surface area contributed by atoms with E-state index < -0.39 is 24.4 Å².